The first-order valence-corrected chi connectivity index (χ1v) is 9.17. The number of allylic oxidation sites excluding steroid dienone is 1. The van der Waals surface area contributed by atoms with E-state index in [0.717, 1.165) is 22.6 Å². The summed E-state index contributed by atoms with van der Waals surface area (Å²) in [6.45, 7) is 3.89. The summed E-state index contributed by atoms with van der Waals surface area (Å²) in [6, 6.07) is 14.6. The number of phenols is 1. The summed E-state index contributed by atoms with van der Waals surface area (Å²) < 4.78 is 10.2. The molecule has 2 aromatic rings. The van der Waals surface area contributed by atoms with Crippen molar-refractivity contribution < 1.29 is 19.4 Å². The Bertz CT molecular complexity index is 903. The molecule has 0 saturated heterocycles. The number of hydrogen-bond donors (Lipinski definition) is 1. The van der Waals surface area contributed by atoms with Crippen LogP contribution in [0, 0.1) is 0 Å². The van der Waals surface area contributed by atoms with Gasteiger partial charge in [0.2, 0.25) is 0 Å². The van der Waals surface area contributed by atoms with Crippen LogP contribution < -0.4 is 4.74 Å². The van der Waals surface area contributed by atoms with E-state index in [1.807, 2.05) is 43.3 Å². The molecule has 1 N–H and O–H groups in total. The first-order valence-electron chi connectivity index (χ1n) is 9.17. The maximum absolute atomic E-state index is 11.9. The van der Waals surface area contributed by atoms with E-state index in [2.05, 4.69) is 0 Å². The summed E-state index contributed by atoms with van der Waals surface area (Å²) in [6.07, 6.45) is 2.02. The molecule has 0 spiro atoms. The smallest absolute Gasteiger partial charge is 0.332 e. The maximum Gasteiger partial charge on any atom is 0.332 e. The molecular weight excluding hydrogens is 356 g/mol. The molecule has 1 heterocycles. The third kappa shape index (κ3) is 4.17. The van der Waals surface area contributed by atoms with Gasteiger partial charge in [0.25, 0.3) is 0 Å². The van der Waals surface area contributed by atoms with Crippen LogP contribution in [-0.4, -0.2) is 35.5 Å². The minimum Gasteiger partial charge on any atom is -0.508 e. The molecule has 1 atom stereocenters. The average Bonchev–Trinajstić information content (AvgIpc) is 3.14. The van der Waals surface area contributed by atoms with Crippen molar-refractivity contribution in [3.05, 3.63) is 71.4 Å². The molecule has 3 rings (SSSR count). The standard InChI is InChI=1S/C22H24N2O4/c1-4-28-22(26)13-15(2)24-20(18-7-5-6-8-21(18)25)14-19(23-24)16-9-11-17(27-3)12-10-16/h5-13,20,25H,4,14H2,1-3H3/b15-13+. The number of carbonyl (C=O) groups is 1. The Balaban J connectivity index is 1.97. The fourth-order valence-electron chi connectivity index (χ4n) is 3.23. The minimum absolute atomic E-state index is 0.201. The molecule has 0 saturated carbocycles. The lowest BCUT2D eigenvalue weighted by molar-refractivity contribution is -0.137. The van der Waals surface area contributed by atoms with Gasteiger partial charge in [-0.2, -0.15) is 5.10 Å². The van der Waals surface area contributed by atoms with Crippen molar-refractivity contribution in [1.29, 1.82) is 0 Å². The van der Waals surface area contributed by atoms with Crippen LogP contribution >= 0.6 is 0 Å². The second-order valence-electron chi connectivity index (χ2n) is 6.44. The quantitative estimate of drug-likeness (QED) is 0.605. The van der Waals surface area contributed by atoms with E-state index in [1.54, 1.807) is 31.2 Å². The Labute approximate surface area is 164 Å². The minimum atomic E-state index is -0.413. The Kier molecular flexibility index (Phi) is 5.99. The van der Waals surface area contributed by atoms with Crippen LogP contribution in [0.3, 0.4) is 0 Å². The van der Waals surface area contributed by atoms with Crippen LogP contribution in [0.4, 0.5) is 0 Å². The second-order valence-corrected chi connectivity index (χ2v) is 6.44. The fourth-order valence-corrected chi connectivity index (χ4v) is 3.23. The number of rotatable bonds is 6. The molecule has 2 aromatic carbocycles. The molecule has 0 fully saturated rings. The van der Waals surface area contributed by atoms with E-state index < -0.39 is 5.97 Å². The van der Waals surface area contributed by atoms with Gasteiger partial charge in [0, 0.05) is 23.8 Å². The number of hydrazone groups is 1. The molecule has 0 radical (unpaired) electrons. The predicted molar refractivity (Wildman–Crippen MR) is 107 cm³/mol. The van der Waals surface area contributed by atoms with Gasteiger partial charge in [-0.1, -0.05) is 18.2 Å². The van der Waals surface area contributed by atoms with Gasteiger partial charge in [0.1, 0.15) is 11.5 Å². The number of hydrogen-bond acceptors (Lipinski definition) is 6. The number of esters is 1. The summed E-state index contributed by atoms with van der Waals surface area (Å²) in [7, 11) is 1.63. The highest BCUT2D eigenvalue weighted by atomic mass is 16.5. The summed E-state index contributed by atoms with van der Waals surface area (Å²) in [4.78, 5) is 11.9. The van der Waals surface area contributed by atoms with Crippen molar-refractivity contribution in [3.63, 3.8) is 0 Å². The Morgan fingerprint density at radius 1 is 1.25 bits per heavy atom. The van der Waals surface area contributed by atoms with Crippen LogP contribution in [0.1, 0.15) is 37.4 Å². The highest BCUT2D eigenvalue weighted by Crippen LogP contribution is 2.39. The monoisotopic (exact) mass is 380 g/mol. The van der Waals surface area contributed by atoms with E-state index >= 15 is 0 Å². The number of phenolic OH excluding ortho intramolecular Hbond substituents is 1. The van der Waals surface area contributed by atoms with Crippen LogP contribution in [0.5, 0.6) is 11.5 Å². The molecule has 6 nitrogen and oxygen atoms in total. The molecule has 0 bridgehead atoms. The molecule has 28 heavy (non-hydrogen) atoms. The van der Waals surface area contributed by atoms with Crippen LogP contribution in [0.15, 0.2) is 65.4 Å². The third-order valence-corrected chi connectivity index (χ3v) is 4.60. The largest absolute Gasteiger partial charge is 0.508 e. The lowest BCUT2D eigenvalue weighted by atomic mass is 9.97. The lowest BCUT2D eigenvalue weighted by Crippen LogP contribution is -2.19. The lowest BCUT2D eigenvalue weighted by Gasteiger charge is -2.24. The van der Waals surface area contributed by atoms with Crippen molar-refractivity contribution in [2.75, 3.05) is 13.7 Å². The van der Waals surface area contributed by atoms with Gasteiger partial charge < -0.3 is 14.6 Å². The number of ether oxygens (including phenoxy) is 2. The molecule has 146 valence electrons. The topological polar surface area (TPSA) is 71.4 Å². The maximum atomic E-state index is 11.9. The fraction of sp³-hybridized carbons (Fsp3) is 0.273. The summed E-state index contributed by atoms with van der Waals surface area (Å²) in [5, 5.41) is 16.9. The van der Waals surface area contributed by atoms with Gasteiger partial charge in [-0.25, -0.2) is 4.79 Å². The highest BCUT2D eigenvalue weighted by Gasteiger charge is 2.31. The molecular formula is C22H24N2O4. The Morgan fingerprint density at radius 3 is 2.61 bits per heavy atom. The van der Waals surface area contributed by atoms with E-state index in [-0.39, 0.29) is 11.8 Å². The van der Waals surface area contributed by atoms with E-state index in [4.69, 9.17) is 14.6 Å². The number of methoxy groups -OCH3 is 1. The zero-order valence-electron chi connectivity index (χ0n) is 16.3. The van der Waals surface area contributed by atoms with Crippen LogP contribution in [0.2, 0.25) is 0 Å². The van der Waals surface area contributed by atoms with Gasteiger partial charge >= 0.3 is 5.97 Å². The first kappa shape index (κ1) is 19.5. The molecule has 6 heteroatoms. The number of nitrogens with zero attached hydrogens (tertiary/aromatic N) is 2. The van der Waals surface area contributed by atoms with Crippen molar-refractivity contribution in [2.24, 2.45) is 5.10 Å². The van der Waals surface area contributed by atoms with E-state index in [9.17, 15) is 9.90 Å². The number of carbonyl (C=O) groups excluding carboxylic acids is 1. The summed E-state index contributed by atoms with van der Waals surface area (Å²) >= 11 is 0. The second kappa shape index (κ2) is 8.61. The van der Waals surface area contributed by atoms with Crippen LogP contribution in [-0.2, 0) is 9.53 Å². The summed E-state index contributed by atoms with van der Waals surface area (Å²) in [5.41, 5.74) is 3.24. The average molecular weight is 380 g/mol. The summed E-state index contributed by atoms with van der Waals surface area (Å²) in [5.74, 6) is 0.562. The van der Waals surface area contributed by atoms with Crippen molar-refractivity contribution in [1.82, 2.24) is 5.01 Å². The van der Waals surface area contributed by atoms with E-state index in [0.29, 0.717) is 18.7 Å². The molecule has 0 amide bonds. The molecule has 0 aliphatic carbocycles. The van der Waals surface area contributed by atoms with Gasteiger partial charge in [-0.05, 0) is 49.7 Å². The normalized spacial score (nSPS) is 16.7. The zero-order chi connectivity index (χ0) is 20.1. The van der Waals surface area contributed by atoms with E-state index in [1.165, 1.54) is 6.08 Å². The van der Waals surface area contributed by atoms with Crippen molar-refractivity contribution in [2.45, 2.75) is 26.3 Å². The highest BCUT2D eigenvalue weighted by molar-refractivity contribution is 6.02. The molecule has 1 aliphatic rings. The SMILES string of the molecule is CCOC(=O)/C=C(\C)N1N=C(c2ccc(OC)cc2)CC1c1ccccc1O. The first-order chi connectivity index (χ1) is 13.5. The van der Waals surface area contributed by atoms with Gasteiger partial charge in [0.15, 0.2) is 0 Å². The molecule has 0 aromatic heterocycles. The van der Waals surface area contributed by atoms with Gasteiger partial charge in [-0.15, -0.1) is 0 Å². The zero-order valence-corrected chi connectivity index (χ0v) is 16.3. The number of aromatic hydroxyl groups is 1. The molecule has 1 aliphatic heterocycles. The predicted octanol–water partition coefficient (Wildman–Crippen LogP) is 4.02. The number of benzene rings is 2. The molecule has 1 unspecified atom stereocenters. The van der Waals surface area contributed by atoms with Crippen molar-refractivity contribution in [3.8, 4) is 11.5 Å². The number of para-hydroxylation sites is 1. The van der Waals surface area contributed by atoms with Gasteiger partial charge in [0.05, 0.1) is 25.5 Å². The van der Waals surface area contributed by atoms with Crippen molar-refractivity contribution >= 4 is 11.7 Å². The van der Waals surface area contributed by atoms with Gasteiger partial charge in [-0.3, -0.25) is 5.01 Å². The third-order valence-electron chi connectivity index (χ3n) is 4.60. The Morgan fingerprint density at radius 2 is 1.96 bits per heavy atom. The Hall–Kier alpha value is -3.28. The van der Waals surface area contributed by atoms with Crippen LogP contribution in [0.25, 0.3) is 0 Å².